The molecule has 0 amide bonds. The molecule has 3 nitrogen and oxygen atoms in total. The molecule has 3 rings (SSSR count). The van der Waals surface area contributed by atoms with E-state index in [1.807, 2.05) is 0 Å². The first-order valence-electron chi connectivity index (χ1n) is 12.5. The first kappa shape index (κ1) is 23.5. The SMILES string of the molecule is CCCCC(CC)COc1ccc2[nH]c3ccc(OCC(CC)CCCC)cc3c2c1. The lowest BCUT2D eigenvalue weighted by atomic mass is 10.0. The molecule has 1 aromatic heterocycles. The number of unbranched alkanes of at least 4 members (excludes halogenated alkanes) is 2. The summed E-state index contributed by atoms with van der Waals surface area (Å²) in [6, 6.07) is 12.8. The summed E-state index contributed by atoms with van der Waals surface area (Å²) in [5.74, 6) is 3.19. The molecule has 3 aromatic rings. The largest absolute Gasteiger partial charge is 0.493 e. The Hall–Kier alpha value is -2.16. The standard InChI is InChI=1S/C28H41NO2/c1-5-9-11-21(7-3)19-30-23-13-15-27-25(17-23)26-18-24(14-16-28(26)29-27)31-20-22(8-4)12-10-6-2/h13-18,21-22,29H,5-12,19-20H2,1-4H3. The van der Waals surface area contributed by atoms with E-state index < -0.39 is 0 Å². The number of nitrogens with one attached hydrogen (secondary N) is 1. The van der Waals surface area contributed by atoms with Crippen LogP contribution in [0.1, 0.15) is 79.1 Å². The van der Waals surface area contributed by atoms with Gasteiger partial charge < -0.3 is 14.5 Å². The summed E-state index contributed by atoms with van der Waals surface area (Å²) in [6.07, 6.45) is 9.91. The first-order valence-corrected chi connectivity index (χ1v) is 12.5. The van der Waals surface area contributed by atoms with Gasteiger partial charge in [0, 0.05) is 21.8 Å². The molecule has 31 heavy (non-hydrogen) atoms. The molecule has 0 spiro atoms. The van der Waals surface area contributed by atoms with E-state index in [-0.39, 0.29) is 0 Å². The molecular formula is C28H41NO2. The van der Waals surface area contributed by atoms with E-state index in [2.05, 4.69) is 69.1 Å². The summed E-state index contributed by atoms with van der Waals surface area (Å²) in [7, 11) is 0. The van der Waals surface area contributed by atoms with Gasteiger partial charge in [-0.2, -0.15) is 0 Å². The quantitative estimate of drug-likeness (QED) is 0.282. The Morgan fingerprint density at radius 2 is 1.13 bits per heavy atom. The Morgan fingerprint density at radius 3 is 1.52 bits per heavy atom. The summed E-state index contributed by atoms with van der Waals surface area (Å²) >= 11 is 0. The van der Waals surface area contributed by atoms with Crippen LogP contribution in [0.25, 0.3) is 21.8 Å². The van der Waals surface area contributed by atoms with Gasteiger partial charge in [-0.1, -0.05) is 66.2 Å². The number of hydrogen-bond acceptors (Lipinski definition) is 2. The van der Waals surface area contributed by atoms with Gasteiger partial charge in [0.15, 0.2) is 0 Å². The maximum atomic E-state index is 6.20. The van der Waals surface area contributed by atoms with Gasteiger partial charge in [-0.25, -0.2) is 0 Å². The summed E-state index contributed by atoms with van der Waals surface area (Å²) in [6.45, 7) is 10.6. The molecule has 3 heteroatoms. The number of aromatic amines is 1. The molecule has 0 saturated heterocycles. The number of fused-ring (bicyclic) bond motifs is 3. The highest BCUT2D eigenvalue weighted by Crippen LogP contribution is 2.32. The van der Waals surface area contributed by atoms with Gasteiger partial charge in [0.2, 0.25) is 0 Å². The van der Waals surface area contributed by atoms with Crippen molar-refractivity contribution in [3.8, 4) is 11.5 Å². The second-order valence-corrected chi connectivity index (χ2v) is 8.99. The number of benzene rings is 2. The highest BCUT2D eigenvalue weighted by molar-refractivity contribution is 6.08. The molecule has 0 fully saturated rings. The van der Waals surface area contributed by atoms with Crippen LogP contribution in [0.5, 0.6) is 11.5 Å². The maximum absolute atomic E-state index is 6.20. The zero-order valence-electron chi connectivity index (χ0n) is 20.0. The minimum Gasteiger partial charge on any atom is -0.493 e. The topological polar surface area (TPSA) is 34.2 Å². The Morgan fingerprint density at radius 1 is 0.677 bits per heavy atom. The van der Waals surface area contributed by atoms with Crippen LogP contribution in [0, 0.1) is 11.8 Å². The average Bonchev–Trinajstić information content (AvgIpc) is 3.16. The Labute approximate surface area is 188 Å². The van der Waals surface area contributed by atoms with Crippen LogP contribution in [0.15, 0.2) is 36.4 Å². The molecule has 0 saturated carbocycles. The Bertz CT molecular complexity index is 855. The molecule has 0 radical (unpaired) electrons. The van der Waals surface area contributed by atoms with Gasteiger partial charge in [-0.05, 0) is 61.1 Å². The Balaban J connectivity index is 1.73. The number of rotatable bonds is 14. The number of hydrogen-bond donors (Lipinski definition) is 1. The molecule has 0 aliphatic heterocycles. The van der Waals surface area contributed by atoms with Crippen molar-refractivity contribution in [3.05, 3.63) is 36.4 Å². The fourth-order valence-electron chi connectivity index (χ4n) is 4.26. The van der Waals surface area contributed by atoms with Crippen LogP contribution in [0.4, 0.5) is 0 Å². The van der Waals surface area contributed by atoms with Crippen LogP contribution in [-0.4, -0.2) is 18.2 Å². The van der Waals surface area contributed by atoms with Gasteiger partial charge in [0.25, 0.3) is 0 Å². The molecule has 0 aliphatic carbocycles. The van der Waals surface area contributed by atoms with Crippen molar-refractivity contribution in [2.45, 2.75) is 79.1 Å². The van der Waals surface area contributed by atoms with Gasteiger partial charge in [-0.15, -0.1) is 0 Å². The number of ether oxygens (including phenoxy) is 2. The maximum Gasteiger partial charge on any atom is 0.120 e. The predicted molar refractivity (Wildman–Crippen MR) is 133 cm³/mol. The molecule has 2 aromatic carbocycles. The first-order chi connectivity index (χ1) is 15.2. The second kappa shape index (κ2) is 12.0. The van der Waals surface area contributed by atoms with Crippen LogP contribution in [-0.2, 0) is 0 Å². The van der Waals surface area contributed by atoms with E-state index in [4.69, 9.17) is 9.47 Å². The lowest BCUT2D eigenvalue weighted by Gasteiger charge is -2.16. The normalized spacial score (nSPS) is 13.5. The third-order valence-corrected chi connectivity index (χ3v) is 6.60. The van der Waals surface area contributed by atoms with Crippen LogP contribution >= 0.6 is 0 Å². The summed E-state index contributed by atoms with van der Waals surface area (Å²) < 4.78 is 12.4. The molecular weight excluding hydrogens is 382 g/mol. The molecule has 0 bridgehead atoms. The van der Waals surface area contributed by atoms with Crippen LogP contribution in [0.2, 0.25) is 0 Å². The monoisotopic (exact) mass is 423 g/mol. The van der Waals surface area contributed by atoms with Gasteiger partial charge in [0.05, 0.1) is 13.2 Å². The van der Waals surface area contributed by atoms with Crippen molar-refractivity contribution in [2.75, 3.05) is 13.2 Å². The van der Waals surface area contributed by atoms with Crippen molar-refractivity contribution < 1.29 is 9.47 Å². The predicted octanol–water partition coefficient (Wildman–Crippen LogP) is 8.51. The van der Waals surface area contributed by atoms with E-state index in [0.29, 0.717) is 11.8 Å². The van der Waals surface area contributed by atoms with Crippen molar-refractivity contribution in [2.24, 2.45) is 11.8 Å². The minimum atomic E-state index is 0.637. The van der Waals surface area contributed by atoms with Gasteiger partial charge >= 0.3 is 0 Å². The fraction of sp³-hybridized carbons (Fsp3) is 0.571. The molecule has 2 atom stereocenters. The van der Waals surface area contributed by atoms with Crippen molar-refractivity contribution in [1.82, 2.24) is 4.98 Å². The van der Waals surface area contributed by atoms with Crippen molar-refractivity contribution >= 4 is 21.8 Å². The smallest absolute Gasteiger partial charge is 0.120 e. The van der Waals surface area contributed by atoms with Crippen molar-refractivity contribution in [1.29, 1.82) is 0 Å². The number of aromatic nitrogens is 1. The highest BCUT2D eigenvalue weighted by Gasteiger charge is 2.11. The van der Waals surface area contributed by atoms with E-state index in [1.54, 1.807) is 0 Å². The lowest BCUT2D eigenvalue weighted by molar-refractivity contribution is 0.233. The summed E-state index contributed by atoms with van der Waals surface area (Å²) in [4.78, 5) is 3.53. The molecule has 170 valence electrons. The second-order valence-electron chi connectivity index (χ2n) is 8.99. The van der Waals surface area contributed by atoms with Crippen LogP contribution in [0.3, 0.4) is 0 Å². The third-order valence-electron chi connectivity index (χ3n) is 6.60. The van der Waals surface area contributed by atoms with Gasteiger partial charge in [0.1, 0.15) is 11.5 Å². The number of H-pyrrole nitrogens is 1. The average molecular weight is 424 g/mol. The lowest BCUT2D eigenvalue weighted by Crippen LogP contribution is -2.11. The molecule has 0 aliphatic rings. The fourth-order valence-corrected chi connectivity index (χ4v) is 4.26. The minimum absolute atomic E-state index is 0.637. The van der Waals surface area contributed by atoms with Gasteiger partial charge in [-0.3, -0.25) is 0 Å². The Kier molecular flexibility index (Phi) is 9.12. The molecule has 1 heterocycles. The zero-order chi connectivity index (χ0) is 22.1. The zero-order valence-corrected chi connectivity index (χ0v) is 20.0. The van der Waals surface area contributed by atoms with E-state index in [1.165, 1.54) is 62.1 Å². The van der Waals surface area contributed by atoms with E-state index in [9.17, 15) is 0 Å². The summed E-state index contributed by atoms with van der Waals surface area (Å²) in [5, 5.41) is 2.41. The molecule has 2 unspecified atom stereocenters. The van der Waals surface area contributed by atoms with E-state index >= 15 is 0 Å². The summed E-state index contributed by atoms with van der Waals surface area (Å²) in [5.41, 5.74) is 2.29. The van der Waals surface area contributed by atoms with E-state index in [0.717, 1.165) is 35.7 Å². The van der Waals surface area contributed by atoms with Crippen LogP contribution < -0.4 is 9.47 Å². The van der Waals surface area contributed by atoms with Crippen molar-refractivity contribution in [3.63, 3.8) is 0 Å². The highest BCUT2D eigenvalue weighted by atomic mass is 16.5. The third kappa shape index (κ3) is 6.41. The molecule has 1 N–H and O–H groups in total.